The standard InChI is InChI=1S/C18H18N4O7S/c1-21(30(25,26)14-6-4-5-13(10-14)22(23)24)11-17-19-18(20-29-17)12-7-8-15(27-2)16(9-12)28-3/h4-10H,11H2,1-3H3. The molecule has 3 aromatic rings. The Morgan fingerprint density at radius 3 is 2.53 bits per heavy atom. The third-order valence-electron chi connectivity index (χ3n) is 4.20. The monoisotopic (exact) mass is 434 g/mol. The number of sulfonamides is 1. The van der Waals surface area contributed by atoms with Crippen LogP contribution in [0, 0.1) is 10.1 Å². The van der Waals surface area contributed by atoms with Crippen molar-refractivity contribution in [2.75, 3.05) is 21.3 Å². The van der Waals surface area contributed by atoms with Crippen molar-refractivity contribution in [1.29, 1.82) is 0 Å². The van der Waals surface area contributed by atoms with E-state index in [1.165, 1.54) is 39.5 Å². The van der Waals surface area contributed by atoms with Gasteiger partial charge in [0, 0.05) is 24.7 Å². The Morgan fingerprint density at radius 2 is 1.87 bits per heavy atom. The van der Waals surface area contributed by atoms with Gasteiger partial charge in [0.15, 0.2) is 11.5 Å². The van der Waals surface area contributed by atoms with Crippen LogP contribution >= 0.6 is 0 Å². The zero-order chi connectivity index (χ0) is 21.9. The number of aromatic nitrogens is 2. The van der Waals surface area contributed by atoms with E-state index in [2.05, 4.69) is 10.1 Å². The van der Waals surface area contributed by atoms with Crippen LogP contribution in [0.4, 0.5) is 5.69 Å². The number of rotatable bonds is 8. The Balaban J connectivity index is 1.82. The van der Waals surface area contributed by atoms with Gasteiger partial charge in [-0.05, 0) is 24.3 Å². The van der Waals surface area contributed by atoms with E-state index in [1.54, 1.807) is 18.2 Å². The Labute approximate surface area is 172 Å². The maximum atomic E-state index is 12.7. The number of ether oxygens (including phenoxy) is 2. The van der Waals surface area contributed by atoms with E-state index in [1.807, 2.05) is 0 Å². The van der Waals surface area contributed by atoms with Crippen molar-refractivity contribution >= 4 is 15.7 Å². The first-order valence-corrected chi connectivity index (χ1v) is 9.96. The van der Waals surface area contributed by atoms with Crippen LogP contribution in [-0.2, 0) is 16.6 Å². The lowest BCUT2D eigenvalue weighted by Gasteiger charge is -2.14. The van der Waals surface area contributed by atoms with Gasteiger partial charge in [-0.2, -0.15) is 9.29 Å². The summed E-state index contributed by atoms with van der Waals surface area (Å²) >= 11 is 0. The molecule has 0 fully saturated rings. The number of non-ortho nitro benzene ring substituents is 1. The van der Waals surface area contributed by atoms with E-state index >= 15 is 0 Å². The van der Waals surface area contributed by atoms with Crippen LogP contribution in [0.3, 0.4) is 0 Å². The third-order valence-corrected chi connectivity index (χ3v) is 6.00. The van der Waals surface area contributed by atoms with E-state index < -0.39 is 14.9 Å². The number of hydrogen-bond acceptors (Lipinski definition) is 9. The van der Waals surface area contributed by atoms with E-state index in [-0.39, 0.29) is 28.8 Å². The van der Waals surface area contributed by atoms with Crippen molar-refractivity contribution in [3.63, 3.8) is 0 Å². The van der Waals surface area contributed by atoms with E-state index in [0.29, 0.717) is 17.1 Å². The molecule has 0 atom stereocenters. The summed E-state index contributed by atoms with van der Waals surface area (Å²) in [7, 11) is 0.323. The fraction of sp³-hybridized carbons (Fsp3) is 0.222. The van der Waals surface area contributed by atoms with Gasteiger partial charge >= 0.3 is 0 Å². The molecule has 30 heavy (non-hydrogen) atoms. The minimum Gasteiger partial charge on any atom is -0.493 e. The van der Waals surface area contributed by atoms with Gasteiger partial charge in [0.05, 0.1) is 30.6 Å². The molecule has 158 valence electrons. The SMILES string of the molecule is COc1ccc(-c2noc(CN(C)S(=O)(=O)c3cccc([N+](=O)[O-])c3)n2)cc1OC. The first-order chi connectivity index (χ1) is 14.3. The number of methoxy groups -OCH3 is 2. The van der Waals surface area contributed by atoms with Gasteiger partial charge in [0.25, 0.3) is 5.69 Å². The highest BCUT2D eigenvalue weighted by molar-refractivity contribution is 7.89. The van der Waals surface area contributed by atoms with Crippen LogP contribution in [0.1, 0.15) is 5.89 Å². The minimum absolute atomic E-state index is 0.0521. The van der Waals surface area contributed by atoms with Crippen LogP contribution in [0.5, 0.6) is 11.5 Å². The van der Waals surface area contributed by atoms with Gasteiger partial charge in [-0.1, -0.05) is 11.2 Å². The number of nitrogens with zero attached hydrogens (tertiary/aromatic N) is 4. The van der Waals surface area contributed by atoms with Gasteiger partial charge in [-0.15, -0.1) is 0 Å². The first kappa shape index (κ1) is 21.2. The molecule has 0 saturated heterocycles. The molecule has 0 aliphatic carbocycles. The zero-order valence-electron chi connectivity index (χ0n) is 16.3. The number of hydrogen-bond donors (Lipinski definition) is 0. The second-order valence-corrected chi connectivity index (χ2v) is 8.14. The van der Waals surface area contributed by atoms with Crippen LogP contribution in [0.2, 0.25) is 0 Å². The summed E-state index contributed by atoms with van der Waals surface area (Å²) < 4.78 is 42.0. The van der Waals surface area contributed by atoms with E-state index in [4.69, 9.17) is 14.0 Å². The predicted octanol–water partition coefficient (Wildman–Crippen LogP) is 2.48. The smallest absolute Gasteiger partial charge is 0.270 e. The van der Waals surface area contributed by atoms with E-state index in [9.17, 15) is 18.5 Å². The molecule has 1 aromatic heterocycles. The molecule has 3 rings (SSSR count). The van der Waals surface area contributed by atoms with Crippen molar-refractivity contribution in [1.82, 2.24) is 14.4 Å². The van der Waals surface area contributed by atoms with Gasteiger partial charge in [-0.3, -0.25) is 10.1 Å². The Hall–Kier alpha value is -3.51. The van der Waals surface area contributed by atoms with Crippen LogP contribution in [0.15, 0.2) is 51.9 Å². The normalized spacial score (nSPS) is 11.5. The summed E-state index contributed by atoms with van der Waals surface area (Å²) in [6.45, 7) is -0.217. The first-order valence-electron chi connectivity index (χ1n) is 8.52. The molecule has 12 heteroatoms. The van der Waals surface area contributed by atoms with Crippen LogP contribution in [-0.4, -0.2) is 49.1 Å². The summed E-state index contributed by atoms with van der Waals surface area (Å²) in [5.74, 6) is 1.31. The fourth-order valence-corrected chi connectivity index (χ4v) is 3.79. The molecule has 11 nitrogen and oxygen atoms in total. The molecule has 0 saturated carbocycles. The van der Waals surface area contributed by atoms with Crippen LogP contribution in [0.25, 0.3) is 11.4 Å². The predicted molar refractivity (Wildman–Crippen MR) is 105 cm³/mol. The summed E-state index contributed by atoms with van der Waals surface area (Å²) in [4.78, 5) is 14.3. The zero-order valence-corrected chi connectivity index (χ0v) is 17.1. The molecular formula is C18H18N4O7S. The van der Waals surface area contributed by atoms with Crippen LogP contribution < -0.4 is 9.47 Å². The fourth-order valence-electron chi connectivity index (χ4n) is 2.62. The van der Waals surface area contributed by atoms with Gasteiger partial charge in [0.2, 0.25) is 21.7 Å². The molecule has 0 aliphatic rings. The lowest BCUT2D eigenvalue weighted by molar-refractivity contribution is -0.385. The van der Waals surface area contributed by atoms with Crippen molar-refractivity contribution in [3.05, 3.63) is 58.5 Å². The molecule has 0 unspecified atom stereocenters. The average Bonchev–Trinajstić information content (AvgIpc) is 3.21. The molecule has 0 bridgehead atoms. The third kappa shape index (κ3) is 4.23. The molecule has 0 aliphatic heterocycles. The molecule has 2 aromatic carbocycles. The largest absolute Gasteiger partial charge is 0.493 e. The van der Waals surface area contributed by atoms with Gasteiger partial charge < -0.3 is 14.0 Å². The average molecular weight is 434 g/mol. The second kappa shape index (κ2) is 8.47. The van der Waals surface area contributed by atoms with Gasteiger partial charge in [-0.25, -0.2) is 8.42 Å². The minimum atomic E-state index is -4.00. The highest BCUT2D eigenvalue weighted by Gasteiger charge is 2.25. The van der Waals surface area contributed by atoms with Crippen molar-refractivity contribution in [3.8, 4) is 22.9 Å². The molecule has 0 radical (unpaired) electrons. The molecule has 0 N–H and O–H groups in total. The van der Waals surface area contributed by atoms with E-state index in [0.717, 1.165) is 10.4 Å². The van der Waals surface area contributed by atoms with Crippen molar-refractivity contribution in [2.24, 2.45) is 0 Å². The topological polar surface area (TPSA) is 138 Å². The highest BCUT2D eigenvalue weighted by Crippen LogP contribution is 2.31. The summed E-state index contributed by atoms with van der Waals surface area (Å²) in [6.07, 6.45) is 0. The Bertz CT molecular complexity index is 1180. The van der Waals surface area contributed by atoms with Crippen molar-refractivity contribution < 1.29 is 27.3 Å². The number of nitro benzene ring substituents is 1. The quantitative estimate of drug-likeness (QED) is 0.386. The highest BCUT2D eigenvalue weighted by atomic mass is 32.2. The summed E-state index contributed by atoms with van der Waals surface area (Å²) in [6, 6.07) is 9.85. The lowest BCUT2D eigenvalue weighted by atomic mass is 10.2. The summed E-state index contributed by atoms with van der Waals surface area (Å²) in [5.41, 5.74) is 0.268. The Morgan fingerprint density at radius 1 is 1.13 bits per heavy atom. The molecule has 1 heterocycles. The number of nitro groups is 1. The maximum Gasteiger partial charge on any atom is 0.270 e. The molecule has 0 amide bonds. The lowest BCUT2D eigenvalue weighted by Crippen LogP contribution is -2.26. The Kier molecular flexibility index (Phi) is 5.99. The van der Waals surface area contributed by atoms with Crippen molar-refractivity contribution in [2.45, 2.75) is 11.4 Å². The second-order valence-electron chi connectivity index (χ2n) is 6.10. The number of benzene rings is 2. The summed E-state index contributed by atoms with van der Waals surface area (Å²) in [5, 5.41) is 14.8. The molecular weight excluding hydrogens is 416 g/mol. The van der Waals surface area contributed by atoms with Gasteiger partial charge in [0.1, 0.15) is 0 Å². The molecule has 0 spiro atoms. The maximum absolute atomic E-state index is 12.7.